The third-order valence-corrected chi connectivity index (χ3v) is 3.86. The molecule has 1 fully saturated rings. The second-order valence-electron chi connectivity index (χ2n) is 4.39. The number of esters is 1. The van der Waals surface area contributed by atoms with Crippen LogP contribution in [0.4, 0.5) is 0 Å². The van der Waals surface area contributed by atoms with E-state index in [4.69, 9.17) is 4.74 Å². The largest absolute Gasteiger partial charge is 0.466 e. The molecule has 0 spiro atoms. The van der Waals surface area contributed by atoms with Gasteiger partial charge in [-0.1, -0.05) is 6.92 Å². The van der Waals surface area contributed by atoms with Gasteiger partial charge in [-0.15, -0.1) is 12.4 Å². The Hall–Kier alpha value is -0.460. The van der Waals surface area contributed by atoms with E-state index in [9.17, 15) is 9.59 Å². The molecule has 1 heterocycles. The number of carbonyl (C=O) groups is 2. The van der Waals surface area contributed by atoms with Crippen LogP contribution < -0.4 is 10.6 Å². The van der Waals surface area contributed by atoms with E-state index in [2.05, 4.69) is 10.6 Å². The van der Waals surface area contributed by atoms with Crippen LogP contribution >= 0.6 is 24.2 Å². The van der Waals surface area contributed by atoms with E-state index in [1.807, 2.05) is 11.8 Å². The van der Waals surface area contributed by atoms with Crippen molar-refractivity contribution in [1.29, 1.82) is 0 Å². The number of amides is 1. The van der Waals surface area contributed by atoms with Gasteiger partial charge in [0.15, 0.2) is 0 Å². The monoisotopic (exact) mass is 310 g/mol. The summed E-state index contributed by atoms with van der Waals surface area (Å²) >= 11 is 1.86. The zero-order chi connectivity index (χ0) is 13.4. The van der Waals surface area contributed by atoms with Crippen LogP contribution in [0.15, 0.2) is 0 Å². The topological polar surface area (TPSA) is 67.4 Å². The SMILES string of the molecule is CCOC(=O)C(C)CNC(=O)CC1CSCCN1.Cl. The predicted molar refractivity (Wildman–Crippen MR) is 79.8 cm³/mol. The van der Waals surface area contributed by atoms with Crippen molar-refractivity contribution in [2.45, 2.75) is 26.3 Å². The number of nitrogens with one attached hydrogen (secondary N) is 2. The van der Waals surface area contributed by atoms with Crippen molar-refractivity contribution < 1.29 is 14.3 Å². The number of ether oxygens (including phenoxy) is 1. The maximum absolute atomic E-state index is 11.7. The van der Waals surface area contributed by atoms with Crippen molar-refractivity contribution >= 4 is 36.0 Å². The lowest BCUT2D eigenvalue weighted by Crippen LogP contribution is -2.42. The first-order chi connectivity index (χ1) is 8.63. The first kappa shape index (κ1) is 18.5. The molecule has 0 radical (unpaired) electrons. The predicted octanol–water partition coefficient (Wildman–Crippen LogP) is 0.819. The Bertz CT molecular complexity index is 286. The van der Waals surface area contributed by atoms with Crippen molar-refractivity contribution in [3.8, 4) is 0 Å². The third-order valence-electron chi connectivity index (χ3n) is 2.72. The Balaban J connectivity index is 0.00000324. The average molecular weight is 311 g/mol. The molecule has 19 heavy (non-hydrogen) atoms. The van der Waals surface area contributed by atoms with Crippen LogP contribution in [0.5, 0.6) is 0 Å². The third kappa shape index (κ3) is 7.64. The molecule has 0 aromatic carbocycles. The standard InChI is InChI=1S/C12H22N2O3S.ClH/c1-3-17-12(16)9(2)7-14-11(15)6-10-8-18-5-4-13-10;/h9-10,13H,3-8H2,1-2H3,(H,14,15);1H. The Kier molecular flexibility index (Phi) is 10.1. The van der Waals surface area contributed by atoms with Crippen LogP contribution in [-0.4, -0.2) is 49.1 Å². The van der Waals surface area contributed by atoms with E-state index in [0.717, 1.165) is 18.1 Å². The van der Waals surface area contributed by atoms with E-state index in [1.165, 1.54) is 0 Å². The number of rotatable bonds is 6. The summed E-state index contributed by atoms with van der Waals surface area (Å²) in [6.07, 6.45) is 0.475. The fourth-order valence-electron chi connectivity index (χ4n) is 1.68. The lowest BCUT2D eigenvalue weighted by Gasteiger charge is -2.22. The lowest BCUT2D eigenvalue weighted by atomic mass is 10.1. The molecular formula is C12H23ClN2O3S. The first-order valence-corrected chi connectivity index (χ1v) is 7.53. The molecule has 1 saturated heterocycles. The van der Waals surface area contributed by atoms with Crippen molar-refractivity contribution in [3.63, 3.8) is 0 Å². The molecule has 1 amide bonds. The normalized spacial score (nSPS) is 20.0. The van der Waals surface area contributed by atoms with Crippen molar-refractivity contribution in [1.82, 2.24) is 10.6 Å². The van der Waals surface area contributed by atoms with Crippen LogP contribution in [0.1, 0.15) is 20.3 Å². The van der Waals surface area contributed by atoms with Crippen LogP contribution in [0.3, 0.4) is 0 Å². The Morgan fingerprint density at radius 1 is 1.53 bits per heavy atom. The molecule has 2 N–H and O–H groups in total. The maximum atomic E-state index is 11.7. The van der Waals surface area contributed by atoms with Gasteiger partial charge in [-0.05, 0) is 6.92 Å². The molecule has 1 aliphatic rings. The highest BCUT2D eigenvalue weighted by molar-refractivity contribution is 7.99. The number of hydrogen-bond acceptors (Lipinski definition) is 5. The zero-order valence-electron chi connectivity index (χ0n) is 11.4. The van der Waals surface area contributed by atoms with Gasteiger partial charge < -0.3 is 15.4 Å². The van der Waals surface area contributed by atoms with Gasteiger partial charge in [0.25, 0.3) is 0 Å². The van der Waals surface area contributed by atoms with Crippen molar-refractivity contribution in [2.75, 3.05) is 31.2 Å². The number of thioether (sulfide) groups is 1. The van der Waals surface area contributed by atoms with Crippen molar-refractivity contribution in [3.05, 3.63) is 0 Å². The number of hydrogen-bond donors (Lipinski definition) is 2. The molecule has 0 aromatic rings. The van der Waals surface area contributed by atoms with Gasteiger partial charge in [0.1, 0.15) is 0 Å². The molecule has 5 nitrogen and oxygen atoms in total. The molecule has 112 valence electrons. The summed E-state index contributed by atoms with van der Waals surface area (Å²) in [5.74, 6) is 1.52. The smallest absolute Gasteiger partial charge is 0.310 e. The molecule has 0 bridgehead atoms. The molecule has 2 atom stereocenters. The van der Waals surface area contributed by atoms with Crippen LogP contribution in [0.25, 0.3) is 0 Å². The van der Waals surface area contributed by atoms with Gasteiger partial charge in [0, 0.05) is 37.1 Å². The average Bonchev–Trinajstić information content (AvgIpc) is 2.37. The van der Waals surface area contributed by atoms with Crippen LogP contribution in [0, 0.1) is 5.92 Å². The second kappa shape index (κ2) is 10.3. The van der Waals surface area contributed by atoms with Gasteiger partial charge >= 0.3 is 5.97 Å². The summed E-state index contributed by atoms with van der Waals surface area (Å²) < 4.78 is 4.88. The summed E-state index contributed by atoms with van der Waals surface area (Å²) in [6.45, 7) is 5.21. The first-order valence-electron chi connectivity index (χ1n) is 6.38. The van der Waals surface area contributed by atoms with E-state index in [0.29, 0.717) is 19.6 Å². The summed E-state index contributed by atoms with van der Waals surface area (Å²) in [6, 6.07) is 0.252. The number of carbonyl (C=O) groups excluding carboxylic acids is 2. The van der Waals surface area contributed by atoms with Crippen LogP contribution in [0.2, 0.25) is 0 Å². The molecule has 0 saturated carbocycles. The minimum Gasteiger partial charge on any atom is -0.466 e. The van der Waals surface area contributed by atoms with Crippen LogP contribution in [-0.2, 0) is 14.3 Å². The summed E-state index contributed by atoms with van der Waals surface area (Å²) in [4.78, 5) is 23.0. The maximum Gasteiger partial charge on any atom is 0.310 e. The highest BCUT2D eigenvalue weighted by Gasteiger charge is 2.18. The minimum atomic E-state index is -0.289. The lowest BCUT2D eigenvalue weighted by molar-refractivity contribution is -0.147. The van der Waals surface area contributed by atoms with E-state index < -0.39 is 0 Å². The Morgan fingerprint density at radius 3 is 2.84 bits per heavy atom. The molecule has 0 aromatic heterocycles. The zero-order valence-corrected chi connectivity index (χ0v) is 13.1. The highest BCUT2D eigenvalue weighted by atomic mass is 35.5. The summed E-state index contributed by atoms with van der Waals surface area (Å²) in [5.41, 5.74) is 0. The molecule has 2 unspecified atom stereocenters. The Morgan fingerprint density at radius 2 is 2.26 bits per heavy atom. The quantitative estimate of drug-likeness (QED) is 0.711. The second-order valence-corrected chi connectivity index (χ2v) is 5.54. The molecule has 7 heteroatoms. The molecule has 1 aliphatic heterocycles. The number of halogens is 1. The van der Waals surface area contributed by atoms with Crippen molar-refractivity contribution in [2.24, 2.45) is 5.92 Å². The fourth-order valence-corrected chi connectivity index (χ4v) is 2.63. The van der Waals surface area contributed by atoms with E-state index >= 15 is 0 Å². The fraction of sp³-hybridized carbons (Fsp3) is 0.833. The minimum absolute atomic E-state index is 0. The van der Waals surface area contributed by atoms with E-state index in [1.54, 1.807) is 13.8 Å². The molecule has 0 aliphatic carbocycles. The Labute approximate surface area is 125 Å². The van der Waals surface area contributed by atoms with E-state index in [-0.39, 0.29) is 36.2 Å². The highest BCUT2D eigenvalue weighted by Crippen LogP contribution is 2.10. The molecule has 1 rings (SSSR count). The van der Waals surface area contributed by atoms with Gasteiger partial charge in [-0.2, -0.15) is 11.8 Å². The molecular weight excluding hydrogens is 288 g/mol. The van der Waals surface area contributed by atoms with Gasteiger partial charge in [0.2, 0.25) is 5.91 Å². The summed E-state index contributed by atoms with van der Waals surface area (Å²) in [7, 11) is 0. The summed E-state index contributed by atoms with van der Waals surface area (Å²) in [5, 5.41) is 6.09. The van der Waals surface area contributed by atoms with Gasteiger partial charge in [-0.3, -0.25) is 9.59 Å². The van der Waals surface area contributed by atoms with Gasteiger partial charge in [0.05, 0.1) is 12.5 Å². The van der Waals surface area contributed by atoms with Gasteiger partial charge in [-0.25, -0.2) is 0 Å².